The minimum absolute atomic E-state index is 0.126. The second-order valence-corrected chi connectivity index (χ2v) is 7.15. The van der Waals surface area contributed by atoms with Gasteiger partial charge in [-0.05, 0) is 72.0 Å². The smallest absolute Gasteiger partial charge is 0.387 e. The standard InChI is InChI=1S/C26H21F2NO2/c27-26(28)31-23-13-11-22(12-14-23)29-18-21(10-8-19-5-2-1-3-6-19)24-17-20(7-4-16-30)9-15-25(24)29/h1-7,9,11-18,26H,8,10H2/b7-4+. The number of aryl methyl sites for hydroxylation is 2. The molecule has 3 aromatic carbocycles. The minimum atomic E-state index is -2.85. The first-order valence-corrected chi connectivity index (χ1v) is 9.99. The highest BCUT2D eigenvalue weighted by Gasteiger charge is 2.12. The zero-order valence-electron chi connectivity index (χ0n) is 16.7. The molecule has 0 aliphatic rings. The van der Waals surface area contributed by atoms with Crippen molar-refractivity contribution in [3.05, 3.63) is 102 Å². The fraction of sp³-hybridized carbons (Fsp3) is 0.115. The lowest BCUT2D eigenvalue weighted by Gasteiger charge is -2.08. The molecule has 31 heavy (non-hydrogen) atoms. The first-order valence-electron chi connectivity index (χ1n) is 9.99. The summed E-state index contributed by atoms with van der Waals surface area (Å²) in [4.78, 5) is 10.7. The van der Waals surface area contributed by atoms with Crippen molar-refractivity contribution in [2.45, 2.75) is 19.5 Å². The number of hydrogen-bond donors (Lipinski definition) is 0. The van der Waals surface area contributed by atoms with Gasteiger partial charge in [0.15, 0.2) is 0 Å². The summed E-state index contributed by atoms with van der Waals surface area (Å²) in [6.45, 7) is -2.85. The number of allylic oxidation sites excluding steroid dienone is 1. The molecule has 0 atom stereocenters. The van der Waals surface area contributed by atoms with Gasteiger partial charge in [-0.25, -0.2) is 0 Å². The van der Waals surface area contributed by atoms with Crippen LogP contribution in [0.15, 0.2) is 85.1 Å². The Hall–Kier alpha value is -3.73. The van der Waals surface area contributed by atoms with Crippen LogP contribution >= 0.6 is 0 Å². The van der Waals surface area contributed by atoms with E-state index in [0.717, 1.165) is 41.3 Å². The molecule has 1 aromatic heterocycles. The molecule has 4 rings (SSSR count). The van der Waals surface area contributed by atoms with Crippen LogP contribution in [-0.2, 0) is 17.6 Å². The fourth-order valence-electron chi connectivity index (χ4n) is 3.69. The van der Waals surface area contributed by atoms with Gasteiger partial charge in [0.2, 0.25) is 0 Å². The molecule has 0 unspecified atom stereocenters. The largest absolute Gasteiger partial charge is 0.435 e. The number of nitrogens with zero attached hydrogens (tertiary/aromatic N) is 1. The Labute approximate surface area is 179 Å². The maximum absolute atomic E-state index is 12.5. The lowest BCUT2D eigenvalue weighted by Crippen LogP contribution is -2.02. The number of aromatic nitrogens is 1. The van der Waals surface area contributed by atoms with Crippen LogP contribution in [0.2, 0.25) is 0 Å². The van der Waals surface area contributed by atoms with Crippen LogP contribution in [0.5, 0.6) is 5.75 Å². The Morgan fingerprint density at radius 2 is 1.71 bits per heavy atom. The molecule has 156 valence electrons. The molecular weight excluding hydrogens is 396 g/mol. The van der Waals surface area contributed by atoms with Crippen LogP contribution in [0.3, 0.4) is 0 Å². The Kier molecular flexibility index (Phi) is 6.22. The lowest BCUT2D eigenvalue weighted by molar-refractivity contribution is -0.104. The van der Waals surface area contributed by atoms with Gasteiger partial charge in [-0.3, -0.25) is 4.79 Å². The summed E-state index contributed by atoms with van der Waals surface area (Å²) in [6, 6.07) is 22.9. The van der Waals surface area contributed by atoms with Crippen LogP contribution in [0.25, 0.3) is 22.7 Å². The third kappa shape index (κ3) is 4.89. The number of rotatable bonds is 8. The van der Waals surface area contributed by atoms with Crippen molar-refractivity contribution in [1.82, 2.24) is 4.57 Å². The molecular formula is C26H21F2NO2. The normalized spacial score (nSPS) is 11.5. The highest BCUT2D eigenvalue weighted by atomic mass is 19.3. The molecule has 0 aliphatic heterocycles. The number of carbonyl (C=O) groups excluding carboxylic acids is 1. The third-order valence-electron chi connectivity index (χ3n) is 5.14. The van der Waals surface area contributed by atoms with Crippen molar-refractivity contribution < 1.29 is 18.3 Å². The van der Waals surface area contributed by atoms with Crippen LogP contribution in [0, 0.1) is 0 Å². The van der Waals surface area contributed by atoms with Gasteiger partial charge in [-0.1, -0.05) is 42.5 Å². The number of benzene rings is 3. The maximum Gasteiger partial charge on any atom is 0.387 e. The van der Waals surface area contributed by atoms with E-state index in [1.165, 1.54) is 29.3 Å². The minimum Gasteiger partial charge on any atom is -0.435 e. The number of ether oxygens (including phenoxy) is 1. The van der Waals surface area contributed by atoms with Gasteiger partial charge in [0.25, 0.3) is 0 Å². The van der Waals surface area contributed by atoms with Crippen LogP contribution in [-0.4, -0.2) is 17.5 Å². The van der Waals surface area contributed by atoms with Gasteiger partial charge in [-0.15, -0.1) is 0 Å². The average Bonchev–Trinajstić information content (AvgIpc) is 3.15. The summed E-state index contributed by atoms with van der Waals surface area (Å²) in [7, 11) is 0. The van der Waals surface area contributed by atoms with Crippen molar-refractivity contribution in [3.63, 3.8) is 0 Å². The van der Waals surface area contributed by atoms with E-state index >= 15 is 0 Å². The van der Waals surface area contributed by atoms with Crippen LogP contribution in [0.4, 0.5) is 8.78 Å². The second kappa shape index (κ2) is 9.39. The first-order chi connectivity index (χ1) is 15.1. The molecule has 1 heterocycles. The zero-order valence-corrected chi connectivity index (χ0v) is 16.7. The van der Waals surface area contributed by atoms with Crippen molar-refractivity contribution in [2.75, 3.05) is 0 Å². The Morgan fingerprint density at radius 1 is 0.935 bits per heavy atom. The van der Waals surface area contributed by atoms with Gasteiger partial charge in [-0.2, -0.15) is 8.78 Å². The monoisotopic (exact) mass is 417 g/mol. The van der Waals surface area contributed by atoms with Gasteiger partial charge in [0.05, 0.1) is 5.52 Å². The SMILES string of the molecule is O=C/C=C/c1ccc2c(c1)c(CCc1ccccc1)cn2-c1ccc(OC(F)F)cc1. The summed E-state index contributed by atoms with van der Waals surface area (Å²) in [6.07, 6.45) is 7.85. The van der Waals surface area contributed by atoms with E-state index in [4.69, 9.17) is 0 Å². The number of aldehydes is 1. The highest BCUT2D eigenvalue weighted by Crippen LogP contribution is 2.29. The van der Waals surface area contributed by atoms with E-state index in [9.17, 15) is 13.6 Å². The molecule has 0 bridgehead atoms. The predicted molar refractivity (Wildman–Crippen MR) is 119 cm³/mol. The molecule has 3 nitrogen and oxygen atoms in total. The maximum atomic E-state index is 12.5. The summed E-state index contributed by atoms with van der Waals surface area (Å²) >= 11 is 0. The number of alkyl halides is 2. The highest BCUT2D eigenvalue weighted by molar-refractivity contribution is 5.88. The Balaban J connectivity index is 1.72. The van der Waals surface area contributed by atoms with Gasteiger partial charge in [0.1, 0.15) is 12.0 Å². The Morgan fingerprint density at radius 3 is 2.42 bits per heavy atom. The molecule has 0 radical (unpaired) electrons. The fourth-order valence-corrected chi connectivity index (χ4v) is 3.69. The van der Waals surface area contributed by atoms with Crippen molar-refractivity contribution in [3.8, 4) is 11.4 Å². The molecule has 0 saturated heterocycles. The van der Waals surface area contributed by atoms with E-state index in [0.29, 0.717) is 0 Å². The average molecular weight is 417 g/mol. The van der Waals surface area contributed by atoms with Crippen LogP contribution < -0.4 is 4.74 Å². The van der Waals surface area contributed by atoms with Crippen LogP contribution in [0.1, 0.15) is 16.7 Å². The summed E-state index contributed by atoms with van der Waals surface area (Å²) in [5.74, 6) is 0.126. The van der Waals surface area contributed by atoms with Gasteiger partial charge < -0.3 is 9.30 Å². The number of hydrogen-bond acceptors (Lipinski definition) is 2. The topological polar surface area (TPSA) is 31.2 Å². The van der Waals surface area contributed by atoms with E-state index in [1.54, 1.807) is 18.2 Å². The second-order valence-electron chi connectivity index (χ2n) is 7.15. The van der Waals surface area contributed by atoms with E-state index in [-0.39, 0.29) is 5.75 Å². The predicted octanol–water partition coefficient (Wildman–Crippen LogP) is 6.23. The summed E-state index contributed by atoms with van der Waals surface area (Å²) in [5, 5.41) is 1.09. The van der Waals surface area contributed by atoms with E-state index in [1.807, 2.05) is 30.3 Å². The lowest BCUT2D eigenvalue weighted by atomic mass is 10.0. The zero-order chi connectivity index (χ0) is 21.6. The van der Waals surface area contributed by atoms with E-state index in [2.05, 4.69) is 33.7 Å². The quantitative estimate of drug-likeness (QED) is 0.251. The number of fused-ring (bicyclic) bond motifs is 1. The number of halogens is 2. The van der Waals surface area contributed by atoms with Crippen molar-refractivity contribution in [2.24, 2.45) is 0 Å². The van der Waals surface area contributed by atoms with Crippen molar-refractivity contribution >= 4 is 23.3 Å². The molecule has 5 heteroatoms. The van der Waals surface area contributed by atoms with Gasteiger partial charge in [0, 0.05) is 17.3 Å². The van der Waals surface area contributed by atoms with Gasteiger partial charge >= 0.3 is 6.61 Å². The molecule has 0 aliphatic carbocycles. The summed E-state index contributed by atoms with van der Waals surface area (Å²) < 4.78 is 31.4. The first kappa shape index (κ1) is 20.5. The molecule has 4 aromatic rings. The molecule has 0 spiro atoms. The van der Waals surface area contributed by atoms with Crippen molar-refractivity contribution in [1.29, 1.82) is 0 Å². The molecule has 0 fully saturated rings. The van der Waals surface area contributed by atoms with E-state index < -0.39 is 6.61 Å². The molecule has 0 saturated carbocycles. The third-order valence-corrected chi connectivity index (χ3v) is 5.14. The molecule has 0 N–H and O–H groups in total. The molecule has 0 amide bonds. The summed E-state index contributed by atoms with van der Waals surface area (Å²) in [5.41, 5.74) is 5.24. The number of carbonyl (C=O) groups is 1. The Bertz CT molecular complexity index is 1200.